The van der Waals surface area contributed by atoms with Crippen LogP contribution in [0.25, 0.3) is 17.0 Å². The van der Waals surface area contributed by atoms with Crippen LogP contribution in [0.5, 0.6) is 0 Å². The van der Waals surface area contributed by atoms with Crippen LogP contribution in [0.15, 0.2) is 34.3 Å². The summed E-state index contributed by atoms with van der Waals surface area (Å²) in [5.74, 6) is 0.997. The molecule has 19 heavy (non-hydrogen) atoms. The molecule has 102 valence electrons. The van der Waals surface area contributed by atoms with E-state index in [-0.39, 0.29) is 0 Å². The molecule has 0 saturated carbocycles. The molecule has 1 N–H and O–H groups in total. The summed E-state index contributed by atoms with van der Waals surface area (Å²) in [7, 11) is 0. The average molecular weight is 257 g/mol. The number of aryl methyl sites for hydroxylation is 1. The second kappa shape index (κ2) is 6.07. The van der Waals surface area contributed by atoms with Crippen molar-refractivity contribution in [1.29, 1.82) is 0 Å². The zero-order chi connectivity index (χ0) is 13.8. The monoisotopic (exact) mass is 257 g/mol. The van der Waals surface area contributed by atoms with Gasteiger partial charge in [0.15, 0.2) is 0 Å². The molecule has 1 aromatic heterocycles. The van der Waals surface area contributed by atoms with Gasteiger partial charge < -0.3 is 9.73 Å². The normalized spacial score (nSPS) is 12.6. The Labute approximate surface area is 115 Å². The van der Waals surface area contributed by atoms with E-state index >= 15 is 0 Å². The lowest BCUT2D eigenvalue weighted by molar-refractivity contribution is 0.577. The Bertz CT molecular complexity index is 578. The number of para-hydroxylation sites is 1. The number of benzene rings is 1. The maximum absolute atomic E-state index is 5.81. The third kappa shape index (κ3) is 3.27. The molecule has 1 aromatic carbocycles. The van der Waals surface area contributed by atoms with Crippen LogP contribution < -0.4 is 5.32 Å². The topological polar surface area (TPSA) is 25.2 Å². The van der Waals surface area contributed by atoms with Crippen molar-refractivity contribution in [3.8, 4) is 0 Å². The van der Waals surface area contributed by atoms with Gasteiger partial charge >= 0.3 is 0 Å². The second-order valence-corrected chi connectivity index (χ2v) is 5.26. The van der Waals surface area contributed by atoms with Gasteiger partial charge in [0.05, 0.1) is 0 Å². The molecule has 0 radical (unpaired) electrons. The molecule has 2 aromatic rings. The maximum Gasteiger partial charge on any atom is 0.134 e. The lowest BCUT2D eigenvalue weighted by atomic mass is 10.1. The van der Waals surface area contributed by atoms with Crippen molar-refractivity contribution in [2.75, 3.05) is 6.54 Å². The van der Waals surface area contributed by atoms with Gasteiger partial charge in [-0.1, -0.05) is 50.6 Å². The summed E-state index contributed by atoms with van der Waals surface area (Å²) < 4.78 is 5.81. The van der Waals surface area contributed by atoms with Crippen molar-refractivity contribution in [2.24, 2.45) is 0 Å². The number of nitrogens with one attached hydrogen (secondary N) is 1. The summed E-state index contributed by atoms with van der Waals surface area (Å²) in [5, 5.41) is 4.68. The third-order valence-corrected chi connectivity index (χ3v) is 3.36. The van der Waals surface area contributed by atoms with Crippen LogP contribution in [-0.4, -0.2) is 12.6 Å². The molecule has 0 atom stereocenters. The van der Waals surface area contributed by atoms with E-state index in [0.29, 0.717) is 6.04 Å². The van der Waals surface area contributed by atoms with Gasteiger partial charge in [0.25, 0.3) is 0 Å². The molecule has 0 aliphatic carbocycles. The predicted molar refractivity (Wildman–Crippen MR) is 82.4 cm³/mol. The zero-order valence-corrected chi connectivity index (χ0v) is 12.3. The second-order valence-electron chi connectivity index (χ2n) is 5.26. The fraction of sp³-hybridized carbons (Fsp3) is 0.412. The molecule has 2 rings (SSSR count). The van der Waals surface area contributed by atoms with E-state index in [1.165, 1.54) is 16.5 Å². The minimum Gasteiger partial charge on any atom is -0.461 e. The van der Waals surface area contributed by atoms with Gasteiger partial charge in [-0.3, -0.25) is 0 Å². The van der Waals surface area contributed by atoms with E-state index < -0.39 is 0 Å². The highest BCUT2D eigenvalue weighted by atomic mass is 16.3. The quantitative estimate of drug-likeness (QED) is 0.851. The van der Waals surface area contributed by atoms with Crippen LogP contribution >= 0.6 is 0 Å². The van der Waals surface area contributed by atoms with Crippen LogP contribution in [-0.2, 0) is 0 Å². The van der Waals surface area contributed by atoms with E-state index in [2.05, 4.69) is 44.3 Å². The van der Waals surface area contributed by atoms with Gasteiger partial charge in [-0.2, -0.15) is 0 Å². The molecule has 0 amide bonds. The first kappa shape index (κ1) is 13.9. The Morgan fingerprint density at radius 1 is 1.32 bits per heavy atom. The predicted octanol–water partition coefficient (Wildman–Crippen LogP) is 4.53. The van der Waals surface area contributed by atoms with Crippen LogP contribution in [0.4, 0.5) is 0 Å². The number of hydrogen-bond donors (Lipinski definition) is 1. The minimum absolute atomic E-state index is 0.511. The Balaban J connectivity index is 2.34. The molecule has 2 heteroatoms. The summed E-state index contributed by atoms with van der Waals surface area (Å²) in [6.45, 7) is 9.52. The van der Waals surface area contributed by atoms with Gasteiger partial charge in [0.2, 0.25) is 0 Å². The molecule has 1 heterocycles. The largest absolute Gasteiger partial charge is 0.461 e. The number of fused-ring (bicyclic) bond motifs is 1. The fourth-order valence-electron chi connectivity index (χ4n) is 2.18. The first-order valence-electron chi connectivity index (χ1n) is 7.02. The van der Waals surface area contributed by atoms with Crippen molar-refractivity contribution in [3.05, 3.63) is 41.2 Å². The van der Waals surface area contributed by atoms with Crippen LogP contribution in [0.3, 0.4) is 0 Å². The van der Waals surface area contributed by atoms with Crippen molar-refractivity contribution < 1.29 is 4.42 Å². The number of rotatable bonds is 5. The molecule has 0 unspecified atom stereocenters. The Kier molecular flexibility index (Phi) is 4.43. The zero-order valence-electron chi connectivity index (χ0n) is 12.3. The summed E-state index contributed by atoms with van der Waals surface area (Å²) in [4.78, 5) is 0. The standard InChI is InChI=1S/C17H23NO/c1-5-14(11-18-12(2)3)10-16-13(4)19-17-9-7-6-8-15(16)17/h6-10,12,18H,5,11H2,1-4H3/b14-10-. The summed E-state index contributed by atoms with van der Waals surface area (Å²) >= 11 is 0. The summed E-state index contributed by atoms with van der Waals surface area (Å²) in [6, 6.07) is 8.74. The SMILES string of the molecule is CC/C(=C/c1c(C)oc2ccccc12)CNC(C)C. The van der Waals surface area contributed by atoms with Gasteiger partial charge in [-0.25, -0.2) is 0 Å². The van der Waals surface area contributed by atoms with Crippen molar-refractivity contribution >= 4 is 17.0 Å². The van der Waals surface area contributed by atoms with Crippen molar-refractivity contribution in [1.82, 2.24) is 5.32 Å². The average Bonchev–Trinajstić information content (AvgIpc) is 2.70. The lowest BCUT2D eigenvalue weighted by Gasteiger charge is -2.10. The van der Waals surface area contributed by atoms with Gasteiger partial charge in [-0.05, 0) is 19.4 Å². The Morgan fingerprint density at radius 2 is 2.05 bits per heavy atom. The summed E-state index contributed by atoms with van der Waals surface area (Å²) in [6.07, 6.45) is 3.33. The first-order valence-corrected chi connectivity index (χ1v) is 7.02. The van der Waals surface area contributed by atoms with Crippen LogP contribution in [0.1, 0.15) is 38.5 Å². The van der Waals surface area contributed by atoms with Gasteiger partial charge in [-0.15, -0.1) is 0 Å². The smallest absolute Gasteiger partial charge is 0.134 e. The maximum atomic E-state index is 5.81. The molecule has 0 aliphatic rings. The highest BCUT2D eigenvalue weighted by Gasteiger charge is 2.09. The first-order chi connectivity index (χ1) is 9.11. The Hall–Kier alpha value is -1.54. The number of hydrogen-bond acceptors (Lipinski definition) is 2. The molecule has 0 aliphatic heterocycles. The molecule has 0 spiro atoms. The van der Waals surface area contributed by atoms with E-state index in [0.717, 1.165) is 24.3 Å². The highest BCUT2D eigenvalue weighted by Crippen LogP contribution is 2.27. The molecular formula is C17H23NO. The molecular weight excluding hydrogens is 234 g/mol. The molecule has 0 bridgehead atoms. The fourth-order valence-corrected chi connectivity index (χ4v) is 2.18. The third-order valence-electron chi connectivity index (χ3n) is 3.36. The van der Waals surface area contributed by atoms with Crippen LogP contribution in [0.2, 0.25) is 0 Å². The molecule has 0 fully saturated rings. The van der Waals surface area contributed by atoms with Gasteiger partial charge in [0, 0.05) is 23.5 Å². The van der Waals surface area contributed by atoms with E-state index in [1.54, 1.807) is 0 Å². The lowest BCUT2D eigenvalue weighted by Crippen LogP contribution is -2.24. The minimum atomic E-state index is 0.511. The summed E-state index contributed by atoms with van der Waals surface area (Å²) in [5.41, 5.74) is 3.60. The highest BCUT2D eigenvalue weighted by molar-refractivity contribution is 5.88. The van der Waals surface area contributed by atoms with E-state index in [1.807, 2.05) is 19.1 Å². The van der Waals surface area contributed by atoms with Crippen LogP contribution in [0, 0.1) is 6.92 Å². The van der Waals surface area contributed by atoms with E-state index in [4.69, 9.17) is 4.42 Å². The van der Waals surface area contributed by atoms with Crippen molar-refractivity contribution in [3.63, 3.8) is 0 Å². The Morgan fingerprint density at radius 3 is 2.74 bits per heavy atom. The van der Waals surface area contributed by atoms with Gasteiger partial charge in [0.1, 0.15) is 11.3 Å². The molecule has 0 saturated heterocycles. The van der Waals surface area contributed by atoms with Crippen molar-refractivity contribution in [2.45, 2.75) is 40.2 Å². The molecule has 2 nitrogen and oxygen atoms in total. The van der Waals surface area contributed by atoms with E-state index in [9.17, 15) is 0 Å². The number of furan rings is 1.